The van der Waals surface area contributed by atoms with Crippen LogP contribution in [0.15, 0.2) is 53.6 Å². The molecule has 1 aromatic carbocycles. The number of nitrogens with zero attached hydrogens (tertiary/aromatic N) is 5. The first kappa shape index (κ1) is 19.1. The van der Waals surface area contributed by atoms with Gasteiger partial charge < -0.3 is 4.42 Å². The van der Waals surface area contributed by atoms with Gasteiger partial charge in [0.15, 0.2) is 11.6 Å². The molecule has 0 unspecified atom stereocenters. The number of hydrogen-bond donors (Lipinski definition) is 0. The van der Waals surface area contributed by atoms with Crippen molar-refractivity contribution in [3.8, 4) is 33.9 Å². The van der Waals surface area contributed by atoms with Crippen LogP contribution in [0.3, 0.4) is 0 Å². The van der Waals surface area contributed by atoms with Crippen LogP contribution >= 0.6 is 0 Å². The fraction of sp³-hybridized carbons (Fsp3) is 0.250. The first-order valence-electron chi connectivity index (χ1n) is 9.05. The van der Waals surface area contributed by atoms with Gasteiger partial charge in [-0.2, -0.15) is 10.2 Å². The van der Waals surface area contributed by atoms with E-state index in [0.717, 1.165) is 27.8 Å². The molecule has 9 heteroatoms. The van der Waals surface area contributed by atoms with E-state index < -0.39 is 9.84 Å². The second kappa shape index (κ2) is 7.32. The molecule has 8 nitrogen and oxygen atoms in total. The van der Waals surface area contributed by atoms with E-state index in [1.54, 1.807) is 28.0 Å². The molecular formula is C20H21N5O3S. The normalized spacial score (nSPS) is 11.8. The highest BCUT2D eigenvalue weighted by molar-refractivity contribution is 7.90. The van der Waals surface area contributed by atoms with Gasteiger partial charge in [-0.1, -0.05) is 12.1 Å². The standard InChI is InChI=1S/C20H21N5O3S/c1-14-4-5-15(10-18(14)17-11-21-24(2)12-17)20-22-19(16-6-8-28-13-16)23-25(20)7-9-29(3,26)27/h4-6,8,10-13H,7,9H2,1-3H3. The van der Waals surface area contributed by atoms with Gasteiger partial charge in [0.05, 0.1) is 30.3 Å². The highest BCUT2D eigenvalue weighted by Crippen LogP contribution is 2.29. The van der Waals surface area contributed by atoms with Crippen molar-refractivity contribution in [1.29, 1.82) is 0 Å². The number of aromatic nitrogens is 5. The van der Waals surface area contributed by atoms with Crippen molar-refractivity contribution in [3.05, 3.63) is 54.7 Å². The molecule has 0 aliphatic heterocycles. The highest BCUT2D eigenvalue weighted by Gasteiger charge is 2.17. The van der Waals surface area contributed by atoms with Crippen LogP contribution in [0.1, 0.15) is 5.56 Å². The third-order valence-electron chi connectivity index (χ3n) is 4.64. The van der Waals surface area contributed by atoms with Crippen LogP contribution in [0.25, 0.3) is 33.9 Å². The highest BCUT2D eigenvalue weighted by atomic mass is 32.2. The van der Waals surface area contributed by atoms with Crippen LogP contribution in [0.4, 0.5) is 0 Å². The molecule has 0 spiro atoms. The van der Waals surface area contributed by atoms with Gasteiger partial charge in [-0.05, 0) is 30.2 Å². The first-order valence-corrected chi connectivity index (χ1v) is 11.1. The van der Waals surface area contributed by atoms with Crippen molar-refractivity contribution in [1.82, 2.24) is 24.5 Å². The third kappa shape index (κ3) is 4.14. The summed E-state index contributed by atoms with van der Waals surface area (Å²) in [5.74, 6) is 1.08. The Morgan fingerprint density at radius 1 is 1.14 bits per heavy atom. The molecule has 0 aliphatic rings. The van der Waals surface area contributed by atoms with Gasteiger partial charge in [0.25, 0.3) is 0 Å². The lowest BCUT2D eigenvalue weighted by Gasteiger charge is -2.09. The van der Waals surface area contributed by atoms with Gasteiger partial charge in [0, 0.05) is 30.6 Å². The van der Waals surface area contributed by atoms with Crippen LogP contribution in [0.5, 0.6) is 0 Å². The molecule has 0 N–H and O–H groups in total. The fourth-order valence-electron chi connectivity index (χ4n) is 3.11. The molecule has 0 saturated carbocycles. The lowest BCUT2D eigenvalue weighted by Crippen LogP contribution is -2.13. The topological polar surface area (TPSA) is 95.8 Å². The molecule has 0 atom stereocenters. The van der Waals surface area contributed by atoms with E-state index >= 15 is 0 Å². The minimum absolute atomic E-state index is 0.0183. The largest absolute Gasteiger partial charge is 0.472 e. The summed E-state index contributed by atoms with van der Waals surface area (Å²) in [4.78, 5) is 4.67. The molecule has 0 radical (unpaired) electrons. The zero-order chi connectivity index (χ0) is 20.6. The maximum atomic E-state index is 11.7. The Morgan fingerprint density at radius 3 is 2.62 bits per heavy atom. The summed E-state index contributed by atoms with van der Waals surface area (Å²) in [6.45, 7) is 2.26. The van der Waals surface area contributed by atoms with E-state index in [1.165, 1.54) is 6.26 Å². The Balaban J connectivity index is 1.80. The quantitative estimate of drug-likeness (QED) is 0.484. The maximum Gasteiger partial charge on any atom is 0.184 e. The van der Waals surface area contributed by atoms with Gasteiger partial charge in [-0.3, -0.25) is 4.68 Å². The summed E-state index contributed by atoms with van der Waals surface area (Å²) in [7, 11) is -1.26. The Hall–Kier alpha value is -3.20. The van der Waals surface area contributed by atoms with Gasteiger partial charge in [-0.25, -0.2) is 18.1 Å². The Morgan fingerprint density at radius 2 is 1.97 bits per heavy atom. The zero-order valence-electron chi connectivity index (χ0n) is 16.4. The average Bonchev–Trinajstić information content (AvgIpc) is 3.40. The number of benzene rings is 1. The predicted octanol–water partition coefficient (Wildman–Crippen LogP) is 2.96. The Kier molecular flexibility index (Phi) is 4.83. The van der Waals surface area contributed by atoms with E-state index in [1.807, 2.05) is 44.6 Å². The molecule has 3 heterocycles. The van der Waals surface area contributed by atoms with E-state index in [9.17, 15) is 8.42 Å². The summed E-state index contributed by atoms with van der Waals surface area (Å²) in [5.41, 5.74) is 4.75. The van der Waals surface area contributed by atoms with Crippen LogP contribution in [0, 0.1) is 6.92 Å². The number of aryl methyl sites for hydroxylation is 3. The summed E-state index contributed by atoms with van der Waals surface area (Å²) < 4.78 is 31.9. The Labute approximate surface area is 168 Å². The van der Waals surface area contributed by atoms with Crippen molar-refractivity contribution in [2.45, 2.75) is 13.5 Å². The minimum Gasteiger partial charge on any atom is -0.472 e. The molecule has 0 fully saturated rings. The number of hydrogen-bond acceptors (Lipinski definition) is 6. The molecule has 150 valence electrons. The summed E-state index contributed by atoms with van der Waals surface area (Å²) >= 11 is 0. The van der Waals surface area contributed by atoms with Crippen molar-refractivity contribution in [2.24, 2.45) is 7.05 Å². The molecule has 0 bridgehead atoms. The van der Waals surface area contributed by atoms with Gasteiger partial charge in [-0.15, -0.1) is 0 Å². The predicted molar refractivity (Wildman–Crippen MR) is 110 cm³/mol. The van der Waals surface area contributed by atoms with Crippen molar-refractivity contribution in [2.75, 3.05) is 12.0 Å². The van der Waals surface area contributed by atoms with Gasteiger partial charge >= 0.3 is 0 Å². The number of sulfone groups is 1. The molecular weight excluding hydrogens is 390 g/mol. The molecule has 0 amide bonds. The summed E-state index contributed by atoms with van der Waals surface area (Å²) in [6, 6.07) is 7.79. The number of furan rings is 1. The minimum atomic E-state index is -3.14. The SMILES string of the molecule is Cc1ccc(-c2nc(-c3ccoc3)nn2CCS(C)(=O)=O)cc1-c1cnn(C)c1. The van der Waals surface area contributed by atoms with Crippen LogP contribution in [-0.2, 0) is 23.4 Å². The average molecular weight is 411 g/mol. The fourth-order valence-corrected chi connectivity index (χ4v) is 3.61. The van der Waals surface area contributed by atoms with E-state index in [4.69, 9.17) is 4.42 Å². The second-order valence-electron chi connectivity index (χ2n) is 7.06. The Bertz CT molecular complexity index is 1250. The monoisotopic (exact) mass is 411 g/mol. The van der Waals surface area contributed by atoms with E-state index in [2.05, 4.69) is 15.2 Å². The van der Waals surface area contributed by atoms with Crippen molar-refractivity contribution >= 4 is 9.84 Å². The summed E-state index contributed by atoms with van der Waals surface area (Å²) in [5, 5.41) is 8.78. The number of rotatable bonds is 6. The molecule has 4 rings (SSSR count). The van der Waals surface area contributed by atoms with Crippen LogP contribution in [0.2, 0.25) is 0 Å². The smallest absolute Gasteiger partial charge is 0.184 e. The van der Waals surface area contributed by atoms with Crippen molar-refractivity contribution in [3.63, 3.8) is 0 Å². The molecule has 0 aliphatic carbocycles. The second-order valence-corrected chi connectivity index (χ2v) is 9.32. The van der Waals surface area contributed by atoms with E-state index in [0.29, 0.717) is 11.6 Å². The van der Waals surface area contributed by atoms with Gasteiger partial charge in [0.2, 0.25) is 0 Å². The third-order valence-corrected chi connectivity index (χ3v) is 5.56. The lowest BCUT2D eigenvalue weighted by atomic mass is 10.0. The summed E-state index contributed by atoms with van der Waals surface area (Å²) in [6.07, 6.45) is 8.11. The van der Waals surface area contributed by atoms with Crippen molar-refractivity contribution < 1.29 is 12.8 Å². The maximum absolute atomic E-state index is 11.7. The molecule has 4 aromatic rings. The zero-order valence-corrected chi connectivity index (χ0v) is 17.2. The van der Waals surface area contributed by atoms with E-state index in [-0.39, 0.29) is 12.3 Å². The lowest BCUT2D eigenvalue weighted by molar-refractivity contribution is 0.567. The first-order chi connectivity index (χ1) is 13.8. The van der Waals surface area contributed by atoms with Gasteiger partial charge in [0.1, 0.15) is 16.1 Å². The van der Waals surface area contributed by atoms with Crippen LogP contribution < -0.4 is 0 Å². The molecule has 3 aromatic heterocycles. The molecule has 29 heavy (non-hydrogen) atoms. The molecule has 0 saturated heterocycles. The van der Waals surface area contributed by atoms with Crippen LogP contribution in [-0.4, -0.2) is 45.0 Å².